The maximum absolute atomic E-state index is 13.3. The highest BCUT2D eigenvalue weighted by Crippen LogP contribution is 2.24. The number of carbonyl (C=O) groups is 2. The normalized spacial score (nSPS) is 16.3. The molecule has 0 radical (unpaired) electrons. The molecule has 2 aromatic carbocycles. The summed E-state index contributed by atoms with van der Waals surface area (Å²) in [5, 5.41) is 0.520. The molecule has 1 atom stereocenters. The molecule has 1 aromatic heterocycles. The zero-order valence-electron chi connectivity index (χ0n) is 17.7. The third-order valence-electron chi connectivity index (χ3n) is 5.67. The zero-order valence-corrected chi connectivity index (χ0v) is 17.7. The van der Waals surface area contributed by atoms with E-state index in [9.17, 15) is 14.4 Å². The van der Waals surface area contributed by atoms with Gasteiger partial charge in [-0.3, -0.25) is 14.4 Å². The Hall–Kier alpha value is -3.48. The van der Waals surface area contributed by atoms with Gasteiger partial charge >= 0.3 is 0 Å². The first-order chi connectivity index (χ1) is 14.9. The highest BCUT2D eigenvalue weighted by atomic mass is 16.2. The number of H-pyrrole nitrogens is 1. The fourth-order valence-corrected chi connectivity index (χ4v) is 4.01. The number of hydrogen-bond acceptors (Lipinski definition) is 4. The van der Waals surface area contributed by atoms with Crippen LogP contribution in [0.5, 0.6) is 0 Å². The molecular weight excluding hydrogens is 392 g/mol. The molecule has 1 N–H and O–H groups in total. The molecule has 2 heterocycles. The molecule has 0 aliphatic carbocycles. The SMILES string of the molecule is CC(C)N(Cc1nc2ccccc2c(=O)[nH]1)C(=O)[C@@H]1CC(=O)N(Cc2ccccc2)C1. The van der Waals surface area contributed by atoms with Gasteiger partial charge in [-0.05, 0) is 31.5 Å². The number of likely N-dealkylation sites (tertiary alicyclic amines) is 1. The van der Waals surface area contributed by atoms with Crippen LogP contribution in [0.3, 0.4) is 0 Å². The molecule has 1 fully saturated rings. The maximum atomic E-state index is 13.3. The predicted molar refractivity (Wildman–Crippen MR) is 118 cm³/mol. The Balaban J connectivity index is 1.50. The molecule has 0 unspecified atom stereocenters. The summed E-state index contributed by atoms with van der Waals surface area (Å²) in [6, 6.07) is 16.8. The Bertz CT molecular complexity index is 1160. The number of aromatic nitrogens is 2. The summed E-state index contributed by atoms with van der Waals surface area (Å²) in [5.41, 5.74) is 1.42. The Morgan fingerprint density at radius 2 is 1.84 bits per heavy atom. The summed E-state index contributed by atoms with van der Waals surface area (Å²) in [5.74, 6) is -0.0557. The van der Waals surface area contributed by atoms with Gasteiger partial charge in [0.2, 0.25) is 11.8 Å². The van der Waals surface area contributed by atoms with E-state index < -0.39 is 5.92 Å². The number of benzene rings is 2. The van der Waals surface area contributed by atoms with Crippen LogP contribution in [0.4, 0.5) is 0 Å². The van der Waals surface area contributed by atoms with Crippen molar-refractivity contribution in [3.63, 3.8) is 0 Å². The molecule has 1 aliphatic rings. The van der Waals surface area contributed by atoms with Crippen LogP contribution in [0.15, 0.2) is 59.4 Å². The van der Waals surface area contributed by atoms with Crippen molar-refractivity contribution in [1.82, 2.24) is 19.8 Å². The number of fused-ring (bicyclic) bond motifs is 1. The van der Waals surface area contributed by atoms with E-state index in [1.165, 1.54) is 0 Å². The van der Waals surface area contributed by atoms with E-state index in [1.807, 2.05) is 50.2 Å². The van der Waals surface area contributed by atoms with Crippen molar-refractivity contribution in [2.24, 2.45) is 5.92 Å². The summed E-state index contributed by atoms with van der Waals surface area (Å²) in [6.07, 6.45) is 0.205. The number of para-hydroxylation sites is 1. The molecule has 0 bridgehead atoms. The highest BCUT2D eigenvalue weighted by Gasteiger charge is 2.37. The maximum Gasteiger partial charge on any atom is 0.258 e. The molecule has 1 aliphatic heterocycles. The van der Waals surface area contributed by atoms with E-state index in [1.54, 1.807) is 28.0 Å². The van der Waals surface area contributed by atoms with Crippen LogP contribution in [-0.4, -0.2) is 44.2 Å². The van der Waals surface area contributed by atoms with Crippen molar-refractivity contribution in [2.45, 2.75) is 39.4 Å². The second kappa shape index (κ2) is 8.71. The van der Waals surface area contributed by atoms with E-state index in [0.717, 1.165) is 5.56 Å². The lowest BCUT2D eigenvalue weighted by atomic mass is 10.1. The first-order valence-electron chi connectivity index (χ1n) is 10.5. The zero-order chi connectivity index (χ0) is 22.0. The number of carbonyl (C=O) groups excluding carboxylic acids is 2. The van der Waals surface area contributed by atoms with Gasteiger partial charge in [0.25, 0.3) is 5.56 Å². The smallest absolute Gasteiger partial charge is 0.258 e. The van der Waals surface area contributed by atoms with Crippen LogP contribution in [0.2, 0.25) is 0 Å². The van der Waals surface area contributed by atoms with E-state index in [-0.39, 0.29) is 36.4 Å². The van der Waals surface area contributed by atoms with Gasteiger partial charge in [-0.1, -0.05) is 42.5 Å². The summed E-state index contributed by atoms with van der Waals surface area (Å²) in [4.78, 5) is 49.0. The molecule has 7 nitrogen and oxygen atoms in total. The van der Waals surface area contributed by atoms with Crippen molar-refractivity contribution in [3.05, 3.63) is 76.3 Å². The standard InChI is InChI=1S/C24H26N4O3/c1-16(2)28(15-21-25-20-11-7-6-10-19(20)23(30)26-21)24(31)18-12-22(29)27(14-18)13-17-8-4-3-5-9-17/h3-11,16,18H,12-15H2,1-2H3,(H,25,26,30)/t18-/m1/s1. The van der Waals surface area contributed by atoms with Gasteiger partial charge in [0, 0.05) is 25.6 Å². The van der Waals surface area contributed by atoms with Crippen LogP contribution in [0, 0.1) is 5.92 Å². The number of hydrogen-bond donors (Lipinski definition) is 1. The number of nitrogens with one attached hydrogen (secondary N) is 1. The first-order valence-corrected chi connectivity index (χ1v) is 10.5. The summed E-state index contributed by atoms with van der Waals surface area (Å²) < 4.78 is 0. The van der Waals surface area contributed by atoms with Crippen LogP contribution in [-0.2, 0) is 22.7 Å². The van der Waals surface area contributed by atoms with Gasteiger partial charge < -0.3 is 14.8 Å². The van der Waals surface area contributed by atoms with Gasteiger partial charge in [-0.15, -0.1) is 0 Å². The minimum absolute atomic E-state index is 0.0110. The number of aromatic amines is 1. The lowest BCUT2D eigenvalue weighted by Crippen LogP contribution is -2.42. The fourth-order valence-electron chi connectivity index (χ4n) is 4.01. The second-order valence-electron chi connectivity index (χ2n) is 8.25. The summed E-state index contributed by atoms with van der Waals surface area (Å²) >= 11 is 0. The number of amides is 2. The van der Waals surface area contributed by atoms with Gasteiger partial charge in [-0.2, -0.15) is 0 Å². The molecule has 7 heteroatoms. The second-order valence-corrected chi connectivity index (χ2v) is 8.25. The Labute approximate surface area is 180 Å². The van der Waals surface area contributed by atoms with E-state index in [2.05, 4.69) is 9.97 Å². The molecule has 3 aromatic rings. The van der Waals surface area contributed by atoms with Gasteiger partial charge in [0.15, 0.2) is 0 Å². The van der Waals surface area contributed by atoms with Crippen LogP contribution in [0.25, 0.3) is 10.9 Å². The molecular formula is C24H26N4O3. The molecule has 1 saturated heterocycles. The Morgan fingerprint density at radius 3 is 2.58 bits per heavy atom. The predicted octanol–water partition coefficient (Wildman–Crippen LogP) is 2.71. The number of rotatable bonds is 6. The third-order valence-corrected chi connectivity index (χ3v) is 5.67. The molecule has 0 spiro atoms. The van der Waals surface area contributed by atoms with E-state index in [0.29, 0.717) is 29.8 Å². The average Bonchev–Trinajstić information content (AvgIpc) is 3.12. The van der Waals surface area contributed by atoms with Gasteiger partial charge in [0.05, 0.1) is 23.4 Å². The molecule has 160 valence electrons. The summed E-state index contributed by atoms with van der Waals surface area (Å²) in [6.45, 7) is 4.95. The van der Waals surface area contributed by atoms with Crippen molar-refractivity contribution in [1.29, 1.82) is 0 Å². The average molecular weight is 418 g/mol. The Kier molecular flexibility index (Phi) is 5.84. The molecule has 2 amide bonds. The lowest BCUT2D eigenvalue weighted by molar-refractivity contribution is -0.138. The minimum Gasteiger partial charge on any atom is -0.338 e. The van der Waals surface area contributed by atoms with E-state index >= 15 is 0 Å². The Morgan fingerprint density at radius 1 is 1.13 bits per heavy atom. The molecule has 4 rings (SSSR count). The highest BCUT2D eigenvalue weighted by molar-refractivity contribution is 5.89. The largest absolute Gasteiger partial charge is 0.338 e. The van der Waals surface area contributed by atoms with Crippen molar-refractivity contribution in [3.8, 4) is 0 Å². The summed E-state index contributed by atoms with van der Waals surface area (Å²) in [7, 11) is 0. The van der Waals surface area contributed by atoms with E-state index in [4.69, 9.17) is 0 Å². The van der Waals surface area contributed by atoms with Crippen LogP contribution < -0.4 is 5.56 Å². The third kappa shape index (κ3) is 4.50. The minimum atomic E-state index is -0.397. The fraction of sp³-hybridized carbons (Fsp3) is 0.333. The molecule has 31 heavy (non-hydrogen) atoms. The number of nitrogens with zero attached hydrogens (tertiary/aromatic N) is 3. The van der Waals surface area contributed by atoms with Crippen LogP contribution >= 0.6 is 0 Å². The monoisotopic (exact) mass is 418 g/mol. The topological polar surface area (TPSA) is 86.4 Å². The molecule has 0 saturated carbocycles. The quantitative estimate of drug-likeness (QED) is 0.667. The van der Waals surface area contributed by atoms with Gasteiger partial charge in [0.1, 0.15) is 5.82 Å². The van der Waals surface area contributed by atoms with Crippen LogP contribution in [0.1, 0.15) is 31.7 Å². The van der Waals surface area contributed by atoms with Crippen molar-refractivity contribution in [2.75, 3.05) is 6.54 Å². The van der Waals surface area contributed by atoms with Crippen molar-refractivity contribution < 1.29 is 9.59 Å². The first kappa shape index (κ1) is 20.8. The van der Waals surface area contributed by atoms with Gasteiger partial charge in [-0.25, -0.2) is 4.98 Å². The lowest BCUT2D eigenvalue weighted by Gasteiger charge is -2.29. The van der Waals surface area contributed by atoms with Crippen molar-refractivity contribution >= 4 is 22.7 Å².